The van der Waals surface area contributed by atoms with Crippen LogP contribution in [0.4, 0.5) is 5.82 Å². The number of likely N-dealkylation sites (tertiary alicyclic amines) is 1. The van der Waals surface area contributed by atoms with E-state index in [2.05, 4.69) is 61.2 Å². The SMILES string of the molecule is CC[C@@H](C)Nc1ccc([C@@H]2CCCCN2C(C)C)cn1. The number of hydrogen-bond donors (Lipinski definition) is 1. The van der Waals surface area contributed by atoms with Gasteiger partial charge in [0.15, 0.2) is 0 Å². The highest BCUT2D eigenvalue weighted by Gasteiger charge is 2.25. The van der Waals surface area contributed by atoms with E-state index in [1.807, 2.05) is 0 Å². The predicted molar refractivity (Wildman–Crippen MR) is 86.0 cm³/mol. The monoisotopic (exact) mass is 275 g/mol. The Balaban J connectivity index is 2.08. The van der Waals surface area contributed by atoms with Crippen LogP contribution in [-0.2, 0) is 0 Å². The fourth-order valence-corrected chi connectivity index (χ4v) is 2.97. The van der Waals surface area contributed by atoms with Crippen LogP contribution in [0.15, 0.2) is 18.3 Å². The summed E-state index contributed by atoms with van der Waals surface area (Å²) in [6.07, 6.45) is 7.11. The van der Waals surface area contributed by atoms with Crippen molar-refractivity contribution in [3.05, 3.63) is 23.9 Å². The van der Waals surface area contributed by atoms with E-state index in [0.717, 1.165) is 12.2 Å². The van der Waals surface area contributed by atoms with E-state index >= 15 is 0 Å². The molecule has 0 spiro atoms. The Kier molecular flexibility index (Phi) is 5.41. The van der Waals surface area contributed by atoms with Crippen LogP contribution in [0.5, 0.6) is 0 Å². The van der Waals surface area contributed by atoms with Gasteiger partial charge in [-0.3, -0.25) is 4.90 Å². The van der Waals surface area contributed by atoms with Gasteiger partial charge < -0.3 is 5.32 Å². The van der Waals surface area contributed by atoms with E-state index in [1.54, 1.807) is 0 Å². The molecule has 1 aliphatic rings. The number of aromatic nitrogens is 1. The molecule has 3 heteroatoms. The Morgan fingerprint density at radius 3 is 2.70 bits per heavy atom. The molecular formula is C17H29N3. The standard InChI is InChI=1S/C17H29N3/c1-5-14(4)19-17-10-9-15(12-18-17)16-8-6-7-11-20(16)13(2)3/h9-10,12-14,16H,5-8,11H2,1-4H3,(H,18,19)/t14-,16+/m1/s1. The summed E-state index contributed by atoms with van der Waals surface area (Å²) < 4.78 is 0. The first-order valence-corrected chi connectivity index (χ1v) is 8.10. The maximum absolute atomic E-state index is 4.60. The van der Waals surface area contributed by atoms with Gasteiger partial charge in [0.25, 0.3) is 0 Å². The lowest BCUT2D eigenvalue weighted by Gasteiger charge is -2.38. The summed E-state index contributed by atoms with van der Waals surface area (Å²) in [7, 11) is 0. The van der Waals surface area contributed by atoms with Crippen molar-refractivity contribution in [2.45, 2.75) is 71.5 Å². The number of rotatable bonds is 5. The minimum absolute atomic E-state index is 0.482. The molecule has 0 aromatic carbocycles. The predicted octanol–water partition coefficient (Wildman–Crippen LogP) is 4.23. The average molecular weight is 275 g/mol. The van der Waals surface area contributed by atoms with Crippen molar-refractivity contribution in [3.63, 3.8) is 0 Å². The largest absolute Gasteiger partial charge is 0.368 e. The van der Waals surface area contributed by atoms with Crippen molar-refractivity contribution in [2.75, 3.05) is 11.9 Å². The van der Waals surface area contributed by atoms with Gasteiger partial charge in [-0.15, -0.1) is 0 Å². The molecule has 0 radical (unpaired) electrons. The van der Waals surface area contributed by atoms with Crippen LogP contribution in [0.2, 0.25) is 0 Å². The highest BCUT2D eigenvalue weighted by molar-refractivity contribution is 5.37. The molecule has 0 amide bonds. The molecule has 0 aliphatic carbocycles. The number of nitrogens with zero attached hydrogens (tertiary/aromatic N) is 2. The number of hydrogen-bond acceptors (Lipinski definition) is 3. The number of pyridine rings is 1. The van der Waals surface area contributed by atoms with Crippen molar-refractivity contribution < 1.29 is 0 Å². The van der Waals surface area contributed by atoms with E-state index in [-0.39, 0.29) is 0 Å². The molecule has 0 saturated carbocycles. The maximum Gasteiger partial charge on any atom is 0.126 e. The molecule has 20 heavy (non-hydrogen) atoms. The zero-order chi connectivity index (χ0) is 14.5. The van der Waals surface area contributed by atoms with E-state index in [9.17, 15) is 0 Å². The van der Waals surface area contributed by atoms with Gasteiger partial charge in [-0.05, 0) is 58.2 Å². The van der Waals surface area contributed by atoms with Gasteiger partial charge in [0.05, 0.1) is 0 Å². The lowest BCUT2D eigenvalue weighted by atomic mass is 9.95. The molecule has 2 atom stereocenters. The maximum atomic E-state index is 4.60. The molecule has 1 aromatic heterocycles. The summed E-state index contributed by atoms with van der Waals surface area (Å²) in [5, 5.41) is 3.43. The van der Waals surface area contributed by atoms with Crippen LogP contribution in [-0.4, -0.2) is 28.5 Å². The van der Waals surface area contributed by atoms with E-state index in [1.165, 1.54) is 31.4 Å². The highest BCUT2D eigenvalue weighted by atomic mass is 15.2. The molecule has 0 bridgehead atoms. The van der Waals surface area contributed by atoms with Gasteiger partial charge >= 0.3 is 0 Å². The third-order valence-electron chi connectivity index (χ3n) is 4.39. The first-order chi connectivity index (χ1) is 9.61. The molecule has 0 unspecified atom stereocenters. The van der Waals surface area contributed by atoms with Gasteiger partial charge in [0.2, 0.25) is 0 Å². The molecule has 1 N–H and O–H groups in total. The molecule has 1 fully saturated rings. The molecule has 2 heterocycles. The van der Waals surface area contributed by atoms with Gasteiger partial charge in [-0.2, -0.15) is 0 Å². The number of piperidine rings is 1. The van der Waals surface area contributed by atoms with Crippen molar-refractivity contribution >= 4 is 5.82 Å². The van der Waals surface area contributed by atoms with Gasteiger partial charge in [0.1, 0.15) is 5.82 Å². The third kappa shape index (κ3) is 3.72. The van der Waals surface area contributed by atoms with Crippen molar-refractivity contribution in [2.24, 2.45) is 0 Å². The minimum atomic E-state index is 0.482. The van der Waals surface area contributed by atoms with E-state index in [0.29, 0.717) is 18.1 Å². The van der Waals surface area contributed by atoms with Crippen LogP contribution < -0.4 is 5.32 Å². The van der Waals surface area contributed by atoms with Crippen LogP contribution >= 0.6 is 0 Å². The second-order valence-corrected chi connectivity index (χ2v) is 6.27. The first-order valence-electron chi connectivity index (χ1n) is 8.10. The van der Waals surface area contributed by atoms with Crippen molar-refractivity contribution in [3.8, 4) is 0 Å². The molecule has 1 saturated heterocycles. The summed E-state index contributed by atoms with van der Waals surface area (Å²) in [5.74, 6) is 0.995. The Hall–Kier alpha value is -1.09. The summed E-state index contributed by atoms with van der Waals surface area (Å²) in [4.78, 5) is 7.21. The Morgan fingerprint density at radius 2 is 2.10 bits per heavy atom. The van der Waals surface area contributed by atoms with Crippen LogP contribution in [0.1, 0.15) is 65.0 Å². The second kappa shape index (κ2) is 7.07. The quantitative estimate of drug-likeness (QED) is 0.871. The molecule has 3 nitrogen and oxygen atoms in total. The molecule has 1 aliphatic heterocycles. The van der Waals surface area contributed by atoms with Crippen LogP contribution in [0.25, 0.3) is 0 Å². The minimum Gasteiger partial charge on any atom is -0.368 e. The summed E-state index contributed by atoms with van der Waals surface area (Å²) in [5.41, 5.74) is 1.37. The zero-order valence-corrected chi connectivity index (χ0v) is 13.4. The zero-order valence-electron chi connectivity index (χ0n) is 13.4. The van der Waals surface area contributed by atoms with Crippen LogP contribution in [0.3, 0.4) is 0 Å². The second-order valence-electron chi connectivity index (χ2n) is 6.27. The fraction of sp³-hybridized carbons (Fsp3) is 0.706. The molecule has 112 valence electrons. The average Bonchev–Trinajstić information content (AvgIpc) is 2.48. The van der Waals surface area contributed by atoms with Gasteiger partial charge in [0, 0.05) is 24.3 Å². The summed E-state index contributed by atoms with van der Waals surface area (Å²) in [6.45, 7) is 10.2. The van der Waals surface area contributed by atoms with E-state index in [4.69, 9.17) is 0 Å². The molecule has 1 aromatic rings. The van der Waals surface area contributed by atoms with Gasteiger partial charge in [-0.1, -0.05) is 19.4 Å². The Morgan fingerprint density at radius 1 is 1.30 bits per heavy atom. The number of nitrogens with one attached hydrogen (secondary N) is 1. The molecule has 2 rings (SSSR count). The highest BCUT2D eigenvalue weighted by Crippen LogP contribution is 2.32. The third-order valence-corrected chi connectivity index (χ3v) is 4.39. The lowest BCUT2D eigenvalue weighted by Crippen LogP contribution is -2.38. The molecular weight excluding hydrogens is 246 g/mol. The Bertz CT molecular complexity index is 399. The fourth-order valence-electron chi connectivity index (χ4n) is 2.97. The topological polar surface area (TPSA) is 28.2 Å². The van der Waals surface area contributed by atoms with Gasteiger partial charge in [-0.25, -0.2) is 4.98 Å². The first kappa shape index (κ1) is 15.3. The van der Waals surface area contributed by atoms with Crippen molar-refractivity contribution in [1.29, 1.82) is 0 Å². The van der Waals surface area contributed by atoms with Crippen LogP contribution in [0, 0.1) is 0 Å². The number of anilines is 1. The summed E-state index contributed by atoms with van der Waals surface area (Å²) >= 11 is 0. The summed E-state index contributed by atoms with van der Waals surface area (Å²) in [6, 6.07) is 6.03. The lowest BCUT2D eigenvalue weighted by molar-refractivity contribution is 0.112. The van der Waals surface area contributed by atoms with Crippen molar-refractivity contribution in [1.82, 2.24) is 9.88 Å². The smallest absolute Gasteiger partial charge is 0.126 e. The Labute approximate surface area is 123 Å². The van der Waals surface area contributed by atoms with E-state index < -0.39 is 0 Å². The normalized spacial score (nSPS) is 21.9.